The fourth-order valence-electron chi connectivity index (χ4n) is 3.61. The van der Waals surface area contributed by atoms with Gasteiger partial charge in [0.15, 0.2) is 0 Å². The van der Waals surface area contributed by atoms with Crippen molar-refractivity contribution in [3.63, 3.8) is 0 Å². The molecule has 0 bridgehead atoms. The molecule has 120 valence electrons. The molecule has 2 unspecified atom stereocenters. The lowest BCUT2D eigenvalue weighted by atomic mass is 9.75. The van der Waals surface area contributed by atoms with Crippen LogP contribution in [0.5, 0.6) is 0 Å². The van der Waals surface area contributed by atoms with E-state index in [1.54, 1.807) is 0 Å². The molecular weight excluding hydrogens is 248 g/mol. The van der Waals surface area contributed by atoms with Crippen LogP contribution < -0.4 is 5.32 Å². The molecule has 2 atom stereocenters. The third kappa shape index (κ3) is 5.01. The number of aliphatic hydroxyl groups is 1. The number of nitrogens with zero attached hydrogens (tertiary/aromatic N) is 1. The smallest absolute Gasteiger partial charge is 0.0611 e. The summed E-state index contributed by atoms with van der Waals surface area (Å²) in [5.74, 6) is 0.851. The molecule has 0 aromatic rings. The Morgan fingerprint density at radius 3 is 2.15 bits per heavy atom. The van der Waals surface area contributed by atoms with Gasteiger partial charge in [0, 0.05) is 11.6 Å². The molecule has 0 aromatic carbocycles. The summed E-state index contributed by atoms with van der Waals surface area (Å²) < 4.78 is 0. The van der Waals surface area contributed by atoms with Crippen LogP contribution >= 0.6 is 0 Å². The van der Waals surface area contributed by atoms with E-state index in [2.05, 4.69) is 51.8 Å². The van der Waals surface area contributed by atoms with Gasteiger partial charge in [-0.3, -0.25) is 0 Å². The Kier molecular flexibility index (Phi) is 6.49. The van der Waals surface area contributed by atoms with E-state index in [0.29, 0.717) is 11.5 Å². The highest BCUT2D eigenvalue weighted by molar-refractivity contribution is 4.89. The van der Waals surface area contributed by atoms with Gasteiger partial charge in [0.2, 0.25) is 0 Å². The van der Waals surface area contributed by atoms with Crippen LogP contribution in [0.4, 0.5) is 0 Å². The fraction of sp³-hybridized carbons (Fsp3) is 1.00. The number of aliphatic hydroxyl groups excluding tert-OH is 1. The molecule has 1 heterocycles. The second kappa shape index (κ2) is 7.24. The van der Waals surface area contributed by atoms with Crippen molar-refractivity contribution in [2.45, 2.75) is 72.4 Å². The minimum atomic E-state index is -0.144. The highest BCUT2D eigenvalue weighted by Crippen LogP contribution is 2.35. The Hall–Kier alpha value is -0.120. The van der Waals surface area contributed by atoms with Crippen LogP contribution in [-0.2, 0) is 0 Å². The molecule has 0 radical (unpaired) electrons. The van der Waals surface area contributed by atoms with Gasteiger partial charge in [-0.2, -0.15) is 0 Å². The third-order valence-electron chi connectivity index (χ3n) is 5.08. The Morgan fingerprint density at radius 2 is 1.75 bits per heavy atom. The van der Waals surface area contributed by atoms with Crippen molar-refractivity contribution in [2.24, 2.45) is 11.3 Å². The van der Waals surface area contributed by atoms with Gasteiger partial charge in [0.05, 0.1) is 6.61 Å². The highest BCUT2D eigenvalue weighted by atomic mass is 16.3. The minimum Gasteiger partial charge on any atom is -0.394 e. The second-order valence-electron chi connectivity index (χ2n) is 7.98. The Balaban J connectivity index is 2.48. The molecule has 20 heavy (non-hydrogen) atoms. The molecule has 1 saturated heterocycles. The second-order valence-corrected chi connectivity index (χ2v) is 7.98. The summed E-state index contributed by atoms with van der Waals surface area (Å²) in [6.07, 6.45) is 3.63. The number of rotatable bonds is 6. The van der Waals surface area contributed by atoms with Crippen molar-refractivity contribution in [3.8, 4) is 0 Å². The summed E-state index contributed by atoms with van der Waals surface area (Å²) in [7, 11) is 0. The van der Waals surface area contributed by atoms with Crippen LogP contribution in [0.1, 0.15) is 60.8 Å². The Bertz CT molecular complexity index is 279. The number of nitrogens with one attached hydrogen (secondary N) is 1. The number of piperidine rings is 1. The maximum atomic E-state index is 9.63. The molecule has 2 N–H and O–H groups in total. The molecule has 0 aliphatic carbocycles. The number of hydrogen-bond acceptors (Lipinski definition) is 3. The zero-order valence-electron chi connectivity index (χ0n) is 14.5. The molecule has 1 aliphatic rings. The summed E-state index contributed by atoms with van der Waals surface area (Å²) in [4.78, 5) is 2.60. The lowest BCUT2D eigenvalue weighted by Gasteiger charge is -2.43. The minimum absolute atomic E-state index is 0.144. The molecule has 3 heteroatoms. The fourth-order valence-corrected chi connectivity index (χ4v) is 3.61. The molecule has 0 aromatic heterocycles. The van der Waals surface area contributed by atoms with E-state index in [1.165, 1.54) is 25.9 Å². The summed E-state index contributed by atoms with van der Waals surface area (Å²) in [6.45, 7) is 17.2. The van der Waals surface area contributed by atoms with Crippen molar-refractivity contribution in [2.75, 3.05) is 26.2 Å². The molecular formula is C17H36N2O. The van der Waals surface area contributed by atoms with E-state index in [-0.39, 0.29) is 12.1 Å². The van der Waals surface area contributed by atoms with E-state index in [4.69, 9.17) is 0 Å². The molecule has 3 nitrogen and oxygen atoms in total. The number of likely N-dealkylation sites (N-methyl/N-ethyl adjacent to an activating group) is 1. The van der Waals surface area contributed by atoms with E-state index in [0.717, 1.165) is 18.9 Å². The van der Waals surface area contributed by atoms with Gasteiger partial charge in [-0.05, 0) is 64.1 Å². The largest absolute Gasteiger partial charge is 0.394 e. The molecule has 0 spiro atoms. The maximum Gasteiger partial charge on any atom is 0.0611 e. The van der Waals surface area contributed by atoms with Gasteiger partial charge >= 0.3 is 0 Å². The van der Waals surface area contributed by atoms with Crippen LogP contribution in [-0.4, -0.2) is 47.8 Å². The van der Waals surface area contributed by atoms with Crippen LogP contribution in [0, 0.1) is 11.3 Å². The zero-order chi connectivity index (χ0) is 15.4. The van der Waals surface area contributed by atoms with Crippen molar-refractivity contribution in [1.82, 2.24) is 10.2 Å². The predicted octanol–water partition coefficient (Wildman–Crippen LogP) is 2.88. The number of hydrogen-bond donors (Lipinski definition) is 2. The summed E-state index contributed by atoms with van der Waals surface area (Å²) >= 11 is 0. The van der Waals surface area contributed by atoms with Crippen molar-refractivity contribution in [3.05, 3.63) is 0 Å². The first-order valence-corrected chi connectivity index (χ1v) is 8.32. The topological polar surface area (TPSA) is 35.5 Å². The summed E-state index contributed by atoms with van der Waals surface area (Å²) in [5, 5.41) is 13.1. The van der Waals surface area contributed by atoms with Crippen LogP contribution in [0.15, 0.2) is 0 Å². The normalized spacial score (nSPS) is 23.6. The lowest BCUT2D eigenvalue weighted by molar-refractivity contribution is 0.0639. The zero-order valence-corrected chi connectivity index (χ0v) is 14.5. The predicted molar refractivity (Wildman–Crippen MR) is 87.0 cm³/mol. The SMILES string of the molecule is CCNC(C)(CO)CC(C)N1CCC(C(C)(C)C)CC1. The quantitative estimate of drug-likeness (QED) is 0.787. The Labute approximate surface area is 126 Å². The first kappa shape index (κ1) is 17.9. The van der Waals surface area contributed by atoms with Crippen LogP contribution in [0.25, 0.3) is 0 Å². The van der Waals surface area contributed by atoms with Crippen molar-refractivity contribution in [1.29, 1.82) is 0 Å². The lowest BCUT2D eigenvalue weighted by Crippen LogP contribution is -2.52. The van der Waals surface area contributed by atoms with Crippen molar-refractivity contribution < 1.29 is 5.11 Å². The number of likely N-dealkylation sites (tertiary alicyclic amines) is 1. The first-order chi connectivity index (χ1) is 9.22. The molecule has 0 saturated carbocycles. The summed E-state index contributed by atoms with van der Waals surface area (Å²) in [6, 6.07) is 0.534. The average Bonchev–Trinajstić information content (AvgIpc) is 2.38. The van der Waals surface area contributed by atoms with Gasteiger partial charge in [-0.25, -0.2) is 0 Å². The van der Waals surface area contributed by atoms with Gasteiger partial charge in [0.1, 0.15) is 0 Å². The third-order valence-corrected chi connectivity index (χ3v) is 5.08. The van der Waals surface area contributed by atoms with Gasteiger partial charge in [-0.1, -0.05) is 27.7 Å². The van der Waals surface area contributed by atoms with E-state index < -0.39 is 0 Å². The Morgan fingerprint density at radius 1 is 1.20 bits per heavy atom. The van der Waals surface area contributed by atoms with E-state index in [1.807, 2.05) is 0 Å². The average molecular weight is 284 g/mol. The standard InChI is InChI=1S/C17H36N2O/c1-7-18-17(6,13-20)12-14(2)19-10-8-15(9-11-19)16(3,4)5/h14-15,18,20H,7-13H2,1-6H3. The molecule has 1 aliphatic heterocycles. The maximum absolute atomic E-state index is 9.63. The first-order valence-electron chi connectivity index (χ1n) is 8.32. The van der Waals surface area contributed by atoms with Crippen LogP contribution in [0.2, 0.25) is 0 Å². The molecule has 0 amide bonds. The molecule has 1 fully saturated rings. The van der Waals surface area contributed by atoms with Crippen molar-refractivity contribution >= 4 is 0 Å². The van der Waals surface area contributed by atoms with E-state index in [9.17, 15) is 5.11 Å². The monoisotopic (exact) mass is 284 g/mol. The van der Waals surface area contributed by atoms with Crippen LogP contribution in [0.3, 0.4) is 0 Å². The van der Waals surface area contributed by atoms with E-state index >= 15 is 0 Å². The van der Waals surface area contributed by atoms with Gasteiger partial charge in [-0.15, -0.1) is 0 Å². The molecule has 1 rings (SSSR count). The van der Waals surface area contributed by atoms with Gasteiger partial charge in [0.25, 0.3) is 0 Å². The summed E-state index contributed by atoms with van der Waals surface area (Å²) in [5.41, 5.74) is 0.299. The highest BCUT2D eigenvalue weighted by Gasteiger charge is 2.32. The van der Waals surface area contributed by atoms with Gasteiger partial charge < -0.3 is 15.3 Å².